The molecule has 26 heavy (non-hydrogen) atoms. The van der Waals surface area contributed by atoms with Gasteiger partial charge in [0.15, 0.2) is 5.82 Å². The van der Waals surface area contributed by atoms with Gasteiger partial charge in [0, 0.05) is 24.7 Å². The second kappa shape index (κ2) is 8.12. The molecule has 1 saturated heterocycles. The molecule has 3 rings (SSSR count). The molecule has 0 unspecified atom stereocenters. The van der Waals surface area contributed by atoms with Crippen LogP contribution >= 0.6 is 12.4 Å². The standard InChI is InChI=1S/C15H20N6O3S.ClH/c1-10-18-14(20-19-10)8-17-25(23,24)13-4-2-11(3-5-13)15(22)21-7-6-12(16)9-21;/h2-5,12,17H,6-9,16H2,1H3,(H,18,19,20);1H/t12-;/m0./s1. The number of benzene rings is 1. The number of likely N-dealkylation sites (tertiary alicyclic amines) is 1. The van der Waals surface area contributed by atoms with Crippen molar-refractivity contribution in [2.75, 3.05) is 13.1 Å². The van der Waals surface area contributed by atoms with E-state index >= 15 is 0 Å². The van der Waals surface area contributed by atoms with E-state index in [1.54, 1.807) is 11.8 Å². The van der Waals surface area contributed by atoms with Crippen LogP contribution in [0.1, 0.15) is 28.4 Å². The molecule has 0 bridgehead atoms. The van der Waals surface area contributed by atoms with E-state index in [-0.39, 0.29) is 35.8 Å². The molecule has 11 heteroatoms. The average Bonchev–Trinajstić information content (AvgIpc) is 3.21. The molecule has 0 aliphatic carbocycles. The van der Waals surface area contributed by atoms with E-state index < -0.39 is 10.0 Å². The highest BCUT2D eigenvalue weighted by Crippen LogP contribution is 2.15. The van der Waals surface area contributed by atoms with Crippen molar-refractivity contribution in [2.24, 2.45) is 5.73 Å². The fourth-order valence-electron chi connectivity index (χ4n) is 2.64. The SMILES string of the molecule is Cc1nc(CNS(=O)(=O)c2ccc(C(=O)N3CC[C@H](N)C3)cc2)n[nH]1.Cl. The van der Waals surface area contributed by atoms with Crippen LogP contribution in [-0.4, -0.2) is 53.5 Å². The van der Waals surface area contributed by atoms with E-state index in [0.29, 0.717) is 30.3 Å². The summed E-state index contributed by atoms with van der Waals surface area (Å²) in [5.41, 5.74) is 6.25. The zero-order valence-electron chi connectivity index (χ0n) is 14.2. The number of amides is 1. The summed E-state index contributed by atoms with van der Waals surface area (Å²) in [7, 11) is -3.71. The quantitative estimate of drug-likeness (QED) is 0.655. The number of aryl methyl sites for hydroxylation is 1. The van der Waals surface area contributed by atoms with E-state index in [4.69, 9.17) is 5.73 Å². The summed E-state index contributed by atoms with van der Waals surface area (Å²) in [6, 6.07) is 5.85. The number of H-pyrrole nitrogens is 1. The van der Waals surface area contributed by atoms with Gasteiger partial charge in [-0.25, -0.2) is 18.1 Å². The van der Waals surface area contributed by atoms with Crippen LogP contribution in [0.15, 0.2) is 29.2 Å². The lowest BCUT2D eigenvalue weighted by molar-refractivity contribution is 0.0791. The molecule has 2 heterocycles. The zero-order chi connectivity index (χ0) is 18.0. The second-order valence-corrected chi connectivity index (χ2v) is 7.75. The molecule has 142 valence electrons. The van der Waals surface area contributed by atoms with Gasteiger partial charge in [0.1, 0.15) is 5.82 Å². The van der Waals surface area contributed by atoms with E-state index in [1.165, 1.54) is 24.3 Å². The van der Waals surface area contributed by atoms with Gasteiger partial charge in [0.25, 0.3) is 5.91 Å². The van der Waals surface area contributed by atoms with Crippen LogP contribution < -0.4 is 10.5 Å². The molecule has 0 saturated carbocycles. The number of aromatic nitrogens is 3. The average molecular weight is 401 g/mol. The van der Waals surface area contributed by atoms with Gasteiger partial charge in [-0.15, -0.1) is 12.4 Å². The highest BCUT2D eigenvalue weighted by molar-refractivity contribution is 7.89. The fraction of sp³-hybridized carbons (Fsp3) is 0.400. The Kier molecular flexibility index (Phi) is 6.34. The number of aromatic amines is 1. The minimum Gasteiger partial charge on any atom is -0.337 e. The van der Waals surface area contributed by atoms with Crippen LogP contribution in [0.3, 0.4) is 0 Å². The number of nitrogens with two attached hydrogens (primary N) is 1. The Morgan fingerprint density at radius 1 is 1.38 bits per heavy atom. The number of carbonyl (C=O) groups is 1. The Morgan fingerprint density at radius 2 is 2.08 bits per heavy atom. The van der Waals surface area contributed by atoms with E-state index in [1.807, 2.05) is 0 Å². The summed E-state index contributed by atoms with van der Waals surface area (Å²) >= 11 is 0. The van der Waals surface area contributed by atoms with Gasteiger partial charge in [-0.05, 0) is 37.6 Å². The number of nitrogens with zero attached hydrogens (tertiary/aromatic N) is 3. The Balaban J connectivity index is 0.00000243. The highest BCUT2D eigenvalue weighted by atomic mass is 35.5. The summed E-state index contributed by atoms with van der Waals surface area (Å²) in [6.07, 6.45) is 0.781. The minimum atomic E-state index is -3.71. The number of hydrogen-bond donors (Lipinski definition) is 3. The Labute approximate surface area is 157 Å². The maximum absolute atomic E-state index is 12.4. The van der Waals surface area contributed by atoms with E-state index in [0.717, 1.165) is 6.42 Å². The third kappa shape index (κ3) is 4.58. The van der Waals surface area contributed by atoms with Crippen molar-refractivity contribution in [1.82, 2.24) is 24.8 Å². The summed E-state index contributed by atoms with van der Waals surface area (Å²) in [4.78, 5) is 18.1. The first-order valence-electron chi connectivity index (χ1n) is 7.87. The van der Waals surface area contributed by atoms with Gasteiger partial charge in [0.2, 0.25) is 10.0 Å². The predicted octanol–water partition coefficient (Wildman–Crippen LogP) is 0.187. The van der Waals surface area contributed by atoms with E-state index in [2.05, 4.69) is 19.9 Å². The maximum atomic E-state index is 12.4. The van der Waals surface area contributed by atoms with Crippen molar-refractivity contribution in [3.8, 4) is 0 Å². The lowest BCUT2D eigenvalue weighted by atomic mass is 10.2. The monoisotopic (exact) mass is 400 g/mol. The van der Waals surface area contributed by atoms with Gasteiger partial charge in [0.05, 0.1) is 11.4 Å². The van der Waals surface area contributed by atoms with Crippen LogP contribution in [0.2, 0.25) is 0 Å². The molecule has 1 aromatic carbocycles. The number of sulfonamides is 1. The smallest absolute Gasteiger partial charge is 0.253 e. The molecular formula is C15H21ClN6O3S. The number of hydrogen-bond acceptors (Lipinski definition) is 6. The first kappa shape index (κ1) is 20.3. The van der Waals surface area contributed by atoms with Gasteiger partial charge in [-0.1, -0.05) is 0 Å². The van der Waals surface area contributed by atoms with Gasteiger partial charge < -0.3 is 10.6 Å². The van der Waals surface area contributed by atoms with Crippen LogP contribution in [0.5, 0.6) is 0 Å². The summed E-state index contributed by atoms with van der Waals surface area (Å²) < 4.78 is 27.0. The molecule has 4 N–H and O–H groups in total. The van der Waals surface area contributed by atoms with Crippen LogP contribution in [0.4, 0.5) is 0 Å². The van der Waals surface area contributed by atoms with Gasteiger partial charge >= 0.3 is 0 Å². The molecule has 0 spiro atoms. The lowest BCUT2D eigenvalue weighted by Gasteiger charge is -2.16. The number of nitrogens with one attached hydrogen (secondary N) is 2. The molecule has 1 amide bonds. The first-order valence-corrected chi connectivity index (χ1v) is 9.36. The van der Waals surface area contributed by atoms with Crippen LogP contribution in [0, 0.1) is 6.92 Å². The zero-order valence-corrected chi connectivity index (χ0v) is 15.8. The molecule has 0 radical (unpaired) electrons. The molecule has 1 aromatic heterocycles. The molecule has 2 aromatic rings. The minimum absolute atomic E-state index is 0. The maximum Gasteiger partial charge on any atom is 0.253 e. The van der Waals surface area contributed by atoms with Gasteiger partial charge in [-0.2, -0.15) is 5.10 Å². The van der Waals surface area contributed by atoms with Crippen molar-refractivity contribution in [3.63, 3.8) is 0 Å². The predicted molar refractivity (Wildman–Crippen MR) is 97.3 cm³/mol. The molecular weight excluding hydrogens is 380 g/mol. The lowest BCUT2D eigenvalue weighted by Crippen LogP contribution is -2.31. The normalized spacial score (nSPS) is 17.2. The first-order chi connectivity index (χ1) is 11.8. The van der Waals surface area contributed by atoms with Crippen molar-refractivity contribution >= 4 is 28.3 Å². The topological polar surface area (TPSA) is 134 Å². The Morgan fingerprint density at radius 3 is 2.62 bits per heavy atom. The molecule has 1 aliphatic heterocycles. The van der Waals surface area contributed by atoms with Crippen molar-refractivity contribution < 1.29 is 13.2 Å². The Hall–Kier alpha value is -2.01. The van der Waals surface area contributed by atoms with Crippen LogP contribution in [0.25, 0.3) is 0 Å². The third-order valence-electron chi connectivity index (χ3n) is 3.99. The van der Waals surface area contributed by atoms with Gasteiger partial charge in [-0.3, -0.25) is 9.89 Å². The number of rotatable bonds is 5. The Bertz CT molecular complexity index is 868. The highest BCUT2D eigenvalue weighted by Gasteiger charge is 2.25. The summed E-state index contributed by atoms with van der Waals surface area (Å²) in [5.74, 6) is 0.831. The van der Waals surface area contributed by atoms with Crippen molar-refractivity contribution in [1.29, 1.82) is 0 Å². The molecule has 9 nitrogen and oxygen atoms in total. The third-order valence-corrected chi connectivity index (χ3v) is 5.40. The number of halogens is 1. The number of carbonyl (C=O) groups excluding carboxylic acids is 1. The van der Waals surface area contributed by atoms with E-state index in [9.17, 15) is 13.2 Å². The molecule has 1 fully saturated rings. The molecule has 1 atom stereocenters. The van der Waals surface area contributed by atoms with Crippen molar-refractivity contribution in [2.45, 2.75) is 30.8 Å². The second-order valence-electron chi connectivity index (χ2n) is 5.99. The summed E-state index contributed by atoms with van der Waals surface area (Å²) in [6.45, 7) is 2.86. The van der Waals surface area contributed by atoms with Crippen LogP contribution in [-0.2, 0) is 16.6 Å². The molecule has 1 aliphatic rings. The fourth-order valence-corrected chi connectivity index (χ4v) is 3.62. The van der Waals surface area contributed by atoms with Crippen molar-refractivity contribution in [3.05, 3.63) is 41.5 Å². The summed E-state index contributed by atoms with van der Waals surface area (Å²) in [5, 5.41) is 6.52. The largest absolute Gasteiger partial charge is 0.337 e.